The maximum atomic E-state index is 12.9. The lowest BCUT2D eigenvalue weighted by Crippen LogP contribution is -2.30. The Bertz CT molecular complexity index is 1740. The first-order valence-electron chi connectivity index (χ1n) is 29.4. The van der Waals surface area contributed by atoms with Crippen molar-refractivity contribution in [1.29, 1.82) is 0 Å². The van der Waals surface area contributed by atoms with Crippen LogP contribution in [0, 0.1) is 0 Å². The topological polar surface area (TPSA) is 155 Å². The number of carbonyl (C=O) groups is 3. The largest absolute Gasteiger partial charge is 0.472 e. The molecule has 0 aromatic rings. The summed E-state index contributed by atoms with van der Waals surface area (Å²) >= 11 is 0. The molecule has 0 aliphatic heterocycles. The molecule has 3 unspecified atom stereocenters. The van der Waals surface area contributed by atoms with Gasteiger partial charge in [0, 0.05) is 19.3 Å². The third-order valence-electron chi connectivity index (χ3n) is 11.9. The van der Waals surface area contributed by atoms with E-state index in [1.807, 2.05) is 0 Å². The highest BCUT2D eigenvalue weighted by Gasteiger charge is 2.28. The molecule has 0 aliphatic rings. The van der Waals surface area contributed by atoms with Crippen molar-refractivity contribution < 1.29 is 52.2 Å². The standard InChI is InChI=1S/C64H105O11P/c1-4-7-10-13-16-19-22-25-28-30-33-35-38-41-44-47-50-53-62(66)71-57-61(75-64(68)55-52-49-46-43-40-37-34-31-29-26-23-20-17-14-11-8-5-2)59-73-76(69,70)72-58-60(56-65)74-63(67)54-51-48-45-42-39-36-32-27-24-21-18-15-12-9-6-3/h7-12,16-21,25-29,32,34,37,60-61,65H,4-6,13-15,22-24,30-31,33,35-36,38-59H2,1-3H3,(H,69,70)/b10-7-,11-8-,12-9-,19-16-,20-17-,21-18-,28-25-,29-26-,32-27-,37-34-. The van der Waals surface area contributed by atoms with E-state index in [9.17, 15) is 28.9 Å². The molecule has 3 atom stereocenters. The van der Waals surface area contributed by atoms with E-state index < -0.39 is 57.8 Å². The molecule has 11 nitrogen and oxygen atoms in total. The minimum absolute atomic E-state index is 0.130. The molecule has 0 aliphatic carbocycles. The van der Waals surface area contributed by atoms with Gasteiger partial charge < -0.3 is 24.2 Å². The molecule has 0 amide bonds. The van der Waals surface area contributed by atoms with Crippen molar-refractivity contribution in [3.05, 3.63) is 122 Å². The fourth-order valence-corrected chi connectivity index (χ4v) is 8.28. The van der Waals surface area contributed by atoms with Gasteiger partial charge in [0.2, 0.25) is 0 Å². The van der Waals surface area contributed by atoms with Gasteiger partial charge in [-0.05, 0) is 122 Å². The predicted molar refractivity (Wildman–Crippen MR) is 316 cm³/mol. The summed E-state index contributed by atoms with van der Waals surface area (Å²) in [7, 11) is -4.77. The molecular formula is C64H105O11P. The van der Waals surface area contributed by atoms with Gasteiger partial charge >= 0.3 is 25.7 Å². The van der Waals surface area contributed by atoms with Crippen LogP contribution in [-0.2, 0) is 42.2 Å². The number of esters is 3. The Morgan fingerprint density at radius 3 is 0.987 bits per heavy atom. The first-order valence-corrected chi connectivity index (χ1v) is 30.9. The number of phosphoric ester groups is 1. The van der Waals surface area contributed by atoms with E-state index in [1.54, 1.807) is 0 Å². The monoisotopic (exact) mass is 1080 g/mol. The summed E-state index contributed by atoms with van der Waals surface area (Å²) in [6.07, 6.45) is 70.1. The van der Waals surface area contributed by atoms with E-state index in [4.69, 9.17) is 23.3 Å². The smallest absolute Gasteiger partial charge is 0.462 e. The van der Waals surface area contributed by atoms with Gasteiger partial charge in [0.15, 0.2) is 6.10 Å². The van der Waals surface area contributed by atoms with Crippen LogP contribution in [0.1, 0.15) is 226 Å². The van der Waals surface area contributed by atoms with Gasteiger partial charge in [-0.3, -0.25) is 23.4 Å². The first kappa shape index (κ1) is 71.9. The van der Waals surface area contributed by atoms with Gasteiger partial charge in [-0.1, -0.05) is 206 Å². The van der Waals surface area contributed by atoms with Crippen LogP contribution in [-0.4, -0.2) is 66.5 Å². The Balaban J connectivity index is 4.81. The average molecular weight is 1080 g/mol. The highest BCUT2D eigenvalue weighted by molar-refractivity contribution is 7.47. The quantitative estimate of drug-likeness (QED) is 0.0197. The number of phosphoric acid groups is 1. The summed E-state index contributed by atoms with van der Waals surface area (Å²) in [4.78, 5) is 48.6. The van der Waals surface area contributed by atoms with Crippen LogP contribution < -0.4 is 0 Å². The van der Waals surface area contributed by atoms with E-state index in [1.165, 1.54) is 12.8 Å². The minimum atomic E-state index is -4.77. The zero-order chi connectivity index (χ0) is 55.5. The highest BCUT2D eigenvalue weighted by Crippen LogP contribution is 2.43. The Hall–Kier alpha value is -4.12. The summed E-state index contributed by atoms with van der Waals surface area (Å²) in [6.45, 7) is 4.24. The zero-order valence-electron chi connectivity index (χ0n) is 47.7. The third-order valence-corrected chi connectivity index (χ3v) is 12.8. The second-order valence-electron chi connectivity index (χ2n) is 19.0. The Labute approximate surface area is 462 Å². The maximum Gasteiger partial charge on any atom is 0.472 e. The Kier molecular flexibility index (Phi) is 54.0. The molecule has 0 spiro atoms. The van der Waals surface area contributed by atoms with Gasteiger partial charge in [0.25, 0.3) is 0 Å². The number of aliphatic hydroxyl groups excluding tert-OH is 1. The van der Waals surface area contributed by atoms with Gasteiger partial charge in [-0.2, -0.15) is 0 Å². The second kappa shape index (κ2) is 57.1. The molecule has 0 radical (unpaired) electrons. The van der Waals surface area contributed by atoms with Gasteiger partial charge in [-0.25, -0.2) is 4.57 Å². The fraction of sp³-hybridized carbons (Fsp3) is 0.641. The van der Waals surface area contributed by atoms with Crippen molar-refractivity contribution in [2.45, 2.75) is 238 Å². The number of rotatable bonds is 53. The van der Waals surface area contributed by atoms with Gasteiger partial charge in [-0.15, -0.1) is 0 Å². The summed E-state index contributed by atoms with van der Waals surface area (Å²) in [5, 5.41) is 9.82. The van der Waals surface area contributed by atoms with Gasteiger partial charge in [0.05, 0.1) is 19.8 Å². The van der Waals surface area contributed by atoms with Crippen LogP contribution in [0.15, 0.2) is 122 Å². The summed E-state index contributed by atoms with van der Waals surface area (Å²) in [5.41, 5.74) is 0. The molecule has 0 saturated carbocycles. The molecule has 0 aromatic heterocycles. The molecule has 0 rings (SSSR count). The Morgan fingerprint density at radius 2 is 0.645 bits per heavy atom. The van der Waals surface area contributed by atoms with Crippen LogP contribution in [0.2, 0.25) is 0 Å². The summed E-state index contributed by atoms with van der Waals surface area (Å²) in [5.74, 6) is -1.53. The van der Waals surface area contributed by atoms with E-state index >= 15 is 0 Å². The number of allylic oxidation sites excluding steroid dienone is 20. The Morgan fingerprint density at radius 1 is 0.368 bits per heavy atom. The average Bonchev–Trinajstić information content (AvgIpc) is 3.41. The SMILES string of the molecule is CC/C=C\C/C=C\C/C=C\C/C=C\CCCCCCC(=O)OC(COC(=O)CCCCCCCCC/C=C\C/C=C\C/C=C\CC)COP(=O)(O)OCC(CO)OC(=O)CCCCCCC/C=C\C/C=C\C/C=C\CC. The fourth-order valence-electron chi connectivity index (χ4n) is 7.49. The van der Waals surface area contributed by atoms with Crippen molar-refractivity contribution in [1.82, 2.24) is 0 Å². The van der Waals surface area contributed by atoms with Crippen molar-refractivity contribution >= 4 is 25.7 Å². The molecule has 0 fully saturated rings. The molecular weight excluding hydrogens is 976 g/mol. The summed E-state index contributed by atoms with van der Waals surface area (Å²) in [6, 6.07) is 0. The van der Waals surface area contributed by atoms with Crippen molar-refractivity contribution in [3.63, 3.8) is 0 Å². The normalized spacial score (nSPS) is 14.2. The molecule has 0 bridgehead atoms. The van der Waals surface area contributed by atoms with Crippen molar-refractivity contribution in [2.24, 2.45) is 0 Å². The van der Waals surface area contributed by atoms with Crippen LogP contribution >= 0.6 is 7.82 Å². The van der Waals surface area contributed by atoms with E-state index in [0.717, 1.165) is 154 Å². The van der Waals surface area contributed by atoms with Crippen LogP contribution in [0.3, 0.4) is 0 Å². The van der Waals surface area contributed by atoms with Crippen LogP contribution in [0.25, 0.3) is 0 Å². The zero-order valence-corrected chi connectivity index (χ0v) is 48.6. The van der Waals surface area contributed by atoms with Gasteiger partial charge in [0.1, 0.15) is 12.7 Å². The first-order chi connectivity index (χ1) is 37.2. The van der Waals surface area contributed by atoms with E-state index in [2.05, 4.69) is 142 Å². The maximum absolute atomic E-state index is 12.9. The number of hydrogen-bond acceptors (Lipinski definition) is 10. The molecule has 0 saturated heterocycles. The van der Waals surface area contributed by atoms with E-state index in [-0.39, 0.29) is 25.9 Å². The molecule has 76 heavy (non-hydrogen) atoms. The number of unbranched alkanes of at least 4 members (excludes halogenated alkanes) is 16. The highest BCUT2D eigenvalue weighted by atomic mass is 31.2. The predicted octanol–water partition coefficient (Wildman–Crippen LogP) is 17.6. The lowest BCUT2D eigenvalue weighted by Gasteiger charge is -2.21. The van der Waals surface area contributed by atoms with Crippen LogP contribution in [0.5, 0.6) is 0 Å². The van der Waals surface area contributed by atoms with Crippen molar-refractivity contribution in [2.75, 3.05) is 26.4 Å². The third kappa shape index (κ3) is 54.7. The molecule has 2 N–H and O–H groups in total. The van der Waals surface area contributed by atoms with Crippen LogP contribution in [0.4, 0.5) is 0 Å². The number of ether oxygens (including phenoxy) is 3. The molecule has 432 valence electrons. The molecule has 0 heterocycles. The lowest BCUT2D eigenvalue weighted by atomic mass is 10.1. The summed E-state index contributed by atoms with van der Waals surface area (Å²) < 4.78 is 39.5. The molecule has 0 aromatic carbocycles. The van der Waals surface area contributed by atoms with Crippen molar-refractivity contribution in [3.8, 4) is 0 Å². The lowest BCUT2D eigenvalue weighted by molar-refractivity contribution is -0.161. The molecule has 12 heteroatoms. The number of hydrogen-bond donors (Lipinski definition) is 2. The number of aliphatic hydroxyl groups is 1. The van der Waals surface area contributed by atoms with E-state index in [0.29, 0.717) is 19.3 Å². The number of carbonyl (C=O) groups excluding carboxylic acids is 3. The minimum Gasteiger partial charge on any atom is -0.462 e. The second-order valence-corrected chi connectivity index (χ2v) is 20.5.